The molecule has 15 heteroatoms. The van der Waals surface area contributed by atoms with Gasteiger partial charge in [-0.05, 0) is 86.1 Å². The lowest BCUT2D eigenvalue weighted by molar-refractivity contribution is -0.138. The molecule has 2 saturated heterocycles. The molecule has 312 valence electrons. The number of ether oxygens (including phenoxy) is 2. The zero-order valence-electron chi connectivity index (χ0n) is 33.6. The molecule has 6 amide bonds. The van der Waals surface area contributed by atoms with Crippen LogP contribution in [0.1, 0.15) is 49.7 Å². The van der Waals surface area contributed by atoms with Crippen LogP contribution in [0.3, 0.4) is 0 Å². The molecule has 5 rings (SSSR count). The first kappa shape index (κ1) is 43.5. The van der Waals surface area contributed by atoms with E-state index in [1.165, 1.54) is 36.2 Å². The lowest BCUT2D eigenvalue weighted by atomic mass is 10.1. The number of nitrogens with zero attached hydrogens (tertiary/aromatic N) is 3. The number of carbonyl (C=O) groups is 6. The van der Waals surface area contributed by atoms with Crippen LogP contribution >= 0.6 is 0 Å². The lowest BCUT2D eigenvalue weighted by Crippen LogP contribution is -2.52. The fraction of sp³-hybridized carbons (Fsp3) is 0.364. The monoisotopic (exact) mass is 807 g/mol. The minimum absolute atomic E-state index is 0.200. The lowest BCUT2D eigenvalue weighted by Gasteiger charge is -2.28. The first-order chi connectivity index (χ1) is 28.5. The van der Waals surface area contributed by atoms with Crippen LogP contribution < -0.4 is 26.2 Å². The van der Waals surface area contributed by atoms with Gasteiger partial charge in [0.15, 0.2) is 0 Å². The van der Waals surface area contributed by atoms with Crippen molar-refractivity contribution < 1.29 is 38.2 Å². The van der Waals surface area contributed by atoms with Crippen molar-refractivity contribution in [3.63, 3.8) is 0 Å². The van der Waals surface area contributed by atoms with Gasteiger partial charge in [-0.15, -0.1) is 13.2 Å². The number of nitrogens with one attached hydrogen (secondary N) is 4. The van der Waals surface area contributed by atoms with Gasteiger partial charge in [-0.3, -0.25) is 19.2 Å². The van der Waals surface area contributed by atoms with E-state index in [0.717, 1.165) is 16.8 Å². The van der Waals surface area contributed by atoms with Crippen molar-refractivity contribution in [1.29, 1.82) is 0 Å². The van der Waals surface area contributed by atoms with Gasteiger partial charge in [0.1, 0.15) is 24.2 Å². The summed E-state index contributed by atoms with van der Waals surface area (Å²) in [5.74, 6) is -1.33. The van der Waals surface area contributed by atoms with Crippen LogP contribution in [0, 0.1) is 0 Å². The van der Waals surface area contributed by atoms with Gasteiger partial charge < -0.3 is 45.4 Å². The summed E-state index contributed by atoms with van der Waals surface area (Å²) in [5.41, 5.74) is 4.20. The molecule has 0 bridgehead atoms. The third-order valence-electron chi connectivity index (χ3n) is 10.3. The molecule has 3 aromatic carbocycles. The average molecular weight is 808 g/mol. The zero-order chi connectivity index (χ0) is 42.3. The van der Waals surface area contributed by atoms with Crippen LogP contribution in [0.2, 0.25) is 0 Å². The van der Waals surface area contributed by atoms with E-state index in [2.05, 4.69) is 48.8 Å². The van der Waals surface area contributed by atoms with Crippen molar-refractivity contribution in [3.05, 3.63) is 115 Å². The van der Waals surface area contributed by atoms with E-state index in [1.54, 1.807) is 0 Å². The van der Waals surface area contributed by atoms with Crippen molar-refractivity contribution in [2.24, 2.45) is 0 Å². The first-order valence-electron chi connectivity index (χ1n) is 19.7. The van der Waals surface area contributed by atoms with E-state index in [1.807, 2.05) is 78.9 Å². The fourth-order valence-electron chi connectivity index (χ4n) is 7.34. The largest absolute Gasteiger partial charge is 0.453 e. The molecule has 15 nitrogen and oxygen atoms in total. The summed E-state index contributed by atoms with van der Waals surface area (Å²) in [5, 5.41) is 11.0. The van der Waals surface area contributed by atoms with Gasteiger partial charge in [0.05, 0.1) is 14.2 Å². The number of benzene rings is 3. The summed E-state index contributed by atoms with van der Waals surface area (Å²) in [4.78, 5) is 82.4. The van der Waals surface area contributed by atoms with Crippen LogP contribution in [0.25, 0.3) is 0 Å². The molecule has 2 aliphatic heterocycles. The molecular weight excluding hydrogens is 755 g/mol. The average Bonchev–Trinajstić information content (AvgIpc) is 3.96. The highest BCUT2D eigenvalue weighted by Crippen LogP contribution is 2.25. The second-order valence-electron chi connectivity index (χ2n) is 14.4. The van der Waals surface area contributed by atoms with E-state index >= 15 is 0 Å². The van der Waals surface area contributed by atoms with Crippen LogP contribution in [0.4, 0.5) is 26.7 Å². The van der Waals surface area contributed by atoms with Crippen molar-refractivity contribution in [1.82, 2.24) is 20.4 Å². The fourth-order valence-corrected chi connectivity index (χ4v) is 7.34. The zero-order valence-corrected chi connectivity index (χ0v) is 33.6. The molecule has 4 N–H and O–H groups in total. The Balaban J connectivity index is 1.20. The molecule has 2 aliphatic rings. The topological polar surface area (TPSA) is 179 Å². The molecular formula is C44H53N7O8. The molecule has 0 unspecified atom stereocenters. The SMILES string of the molecule is C=CC[C@@H](NC(=O)OC)C(=O)N1CCC[C@H]1C(=O)Nc1ccc(CN(Cc2ccc(NC(=O)[C@@H]3CCCN3C(=O)[C@@H](CC=C)NC(=O)OC)cc2)c2ccccc2)cc1. The maximum absolute atomic E-state index is 13.4. The van der Waals surface area contributed by atoms with Crippen LogP contribution in [0.15, 0.2) is 104 Å². The van der Waals surface area contributed by atoms with Crippen molar-refractivity contribution >= 4 is 52.9 Å². The Morgan fingerprint density at radius 1 is 0.661 bits per heavy atom. The number of likely N-dealkylation sites (tertiary alicyclic amines) is 2. The van der Waals surface area contributed by atoms with Gasteiger partial charge in [-0.25, -0.2) is 9.59 Å². The van der Waals surface area contributed by atoms with Crippen molar-refractivity contribution in [3.8, 4) is 0 Å². The maximum Gasteiger partial charge on any atom is 0.407 e. The Kier molecular flexibility index (Phi) is 15.6. The Labute approximate surface area is 344 Å². The standard InChI is InChI=1S/C44H53N7O8/c1-5-12-35(47-43(56)58-3)41(54)50-26-10-16-37(50)39(52)45-32-22-18-30(19-23-32)28-49(34-14-8-7-9-15-34)29-31-20-24-33(25-21-31)46-40(53)38-17-11-27-51(38)42(55)36(13-6-2)48-44(57)59-4/h5-9,14-15,18-25,35-38H,1-2,10-13,16-17,26-29H2,3-4H3,(H,45,52)(H,46,53)(H,47,56)(H,48,57)/t35-,36-,37+,38+/m1/s1. The number of methoxy groups -OCH3 is 2. The third-order valence-corrected chi connectivity index (χ3v) is 10.3. The predicted octanol–water partition coefficient (Wildman–Crippen LogP) is 5.35. The Morgan fingerprint density at radius 3 is 1.44 bits per heavy atom. The minimum Gasteiger partial charge on any atom is -0.453 e. The van der Waals surface area contributed by atoms with E-state index < -0.39 is 36.4 Å². The normalized spacial score (nSPS) is 16.8. The molecule has 4 atom stereocenters. The number of amides is 6. The second-order valence-corrected chi connectivity index (χ2v) is 14.4. The van der Waals surface area contributed by atoms with E-state index in [4.69, 9.17) is 0 Å². The number of para-hydroxylation sites is 1. The molecule has 2 heterocycles. The second kappa shape index (κ2) is 21.2. The predicted molar refractivity (Wildman–Crippen MR) is 224 cm³/mol. The van der Waals surface area contributed by atoms with Gasteiger partial charge in [-0.2, -0.15) is 0 Å². The summed E-state index contributed by atoms with van der Waals surface area (Å²) in [6.07, 6.45) is 4.34. The summed E-state index contributed by atoms with van der Waals surface area (Å²) in [7, 11) is 2.44. The van der Waals surface area contributed by atoms with Gasteiger partial charge >= 0.3 is 12.2 Å². The molecule has 0 spiro atoms. The van der Waals surface area contributed by atoms with Gasteiger partial charge in [0, 0.05) is 43.2 Å². The highest BCUT2D eigenvalue weighted by Gasteiger charge is 2.39. The quantitative estimate of drug-likeness (QED) is 0.131. The highest BCUT2D eigenvalue weighted by atomic mass is 16.5. The molecule has 0 saturated carbocycles. The number of anilines is 3. The Morgan fingerprint density at radius 2 is 1.07 bits per heavy atom. The molecule has 0 radical (unpaired) electrons. The highest BCUT2D eigenvalue weighted by molar-refractivity contribution is 5.99. The summed E-state index contributed by atoms with van der Waals surface area (Å²) >= 11 is 0. The molecule has 0 aromatic heterocycles. The smallest absolute Gasteiger partial charge is 0.407 e. The third kappa shape index (κ3) is 11.7. The van der Waals surface area contributed by atoms with E-state index in [-0.39, 0.29) is 36.5 Å². The van der Waals surface area contributed by atoms with E-state index in [9.17, 15) is 28.8 Å². The Hall–Kier alpha value is -6.64. The van der Waals surface area contributed by atoms with Crippen LogP contribution in [-0.2, 0) is 41.7 Å². The minimum atomic E-state index is -0.883. The van der Waals surface area contributed by atoms with Crippen LogP contribution in [-0.4, -0.2) is 97.1 Å². The number of carbonyl (C=O) groups excluding carboxylic acids is 6. The van der Waals surface area contributed by atoms with Crippen LogP contribution in [0.5, 0.6) is 0 Å². The number of hydrogen-bond donors (Lipinski definition) is 4. The van der Waals surface area contributed by atoms with E-state index in [0.29, 0.717) is 63.2 Å². The van der Waals surface area contributed by atoms with Gasteiger partial charge in [-0.1, -0.05) is 54.6 Å². The van der Waals surface area contributed by atoms with Crippen molar-refractivity contribution in [2.75, 3.05) is 42.8 Å². The molecule has 3 aromatic rings. The number of rotatable bonds is 17. The van der Waals surface area contributed by atoms with Gasteiger partial charge in [0.25, 0.3) is 0 Å². The maximum atomic E-state index is 13.4. The Bertz CT molecular complexity index is 1840. The molecule has 2 fully saturated rings. The summed E-state index contributed by atoms with van der Waals surface area (Å²) in [6.45, 7) is 9.27. The van der Waals surface area contributed by atoms with Gasteiger partial charge in [0.2, 0.25) is 23.6 Å². The van der Waals surface area contributed by atoms with Crippen molar-refractivity contribution in [2.45, 2.75) is 75.8 Å². The first-order valence-corrected chi connectivity index (χ1v) is 19.7. The number of hydrogen-bond acceptors (Lipinski definition) is 9. The number of alkyl carbamates (subject to hydrolysis) is 2. The molecule has 59 heavy (non-hydrogen) atoms. The summed E-state index contributed by atoms with van der Waals surface area (Å²) in [6, 6.07) is 22.0. The summed E-state index contributed by atoms with van der Waals surface area (Å²) < 4.78 is 9.34. The molecule has 0 aliphatic carbocycles.